The monoisotopic (exact) mass is 273 g/mol. The minimum Gasteiger partial charge on any atom is -0.258 e. The number of hydrogen-bond donors (Lipinski definition) is 0. The molecule has 19 heavy (non-hydrogen) atoms. The summed E-state index contributed by atoms with van der Waals surface area (Å²) in [6.45, 7) is 1.83. The lowest BCUT2D eigenvalue weighted by atomic mass is 10.0. The van der Waals surface area contributed by atoms with Crippen molar-refractivity contribution in [3.63, 3.8) is 0 Å². The predicted molar refractivity (Wildman–Crippen MR) is 70.8 cm³/mol. The zero-order valence-electron chi connectivity index (χ0n) is 9.92. The molecule has 0 aliphatic heterocycles. The van der Waals surface area contributed by atoms with E-state index in [-0.39, 0.29) is 16.4 Å². The predicted octanol–water partition coefficient (Wildman–Crippen LogP) is 3.49. The van der Waals surface area contributed by atoms with Gasteiger partial charge in [-0.05, 0) is 24.1 Å². The lowest BCUT2D eigenvalue weighted by Crippen LogP contribution is -1.92. The van der Waals surface area contributed by atoms with Crippen molar-refractivity contribution in [3.8, 4) is 17.2 Å². The molecule has 6 heteroatoms. The zero-order valence-corrected chi connectivity index (χ0v) is 10.7. The van der Waals surface area contributed by atoms with Crippen LogP contribution >= 0.6 is 11.6 Å². The summed E-state index contributed by atoms with van der Waals surface area (Å²) >= 11 is 5.76. The second-order valence-corrected chi connectivity index (χ2v) is 4.29. The van der Waals surface area contributed by atoms with Crippen molar-refractivity contribution in [1.29, 1.82) is 5.26 Å². The van der Waals surface area contributed by atoms with Crippen molar-refractivity contribution in [1.82, 2.24) is 4.98 Å². The average Bonchev–Trinajstić information content (AvgIpc) is 2.40. The first kappa shape index (κ1) is 13.0. The Balaban J connectivity index is 2.61. The van der Waals surface area contributed by atoms with Crippen LogP contribution in [-0.2, 0) is 0 Å². The maximum absolute atomic E-state index is 10.8. The molecule has 94 valence electrons. The second-order valence-electron chi connectivity index (χ2n) is 3.93. The highest BCUT2D eigenvalue weighted by atomic mass is 35.5. The Labute approximate surface area is 114 Å². The first-order valence-corrected chi connectivity index (χ1v) is 5.72. The number of pyridine rings is 1. The molecule has 0 saturated carbocycles. The Morgan fingerprint density at radius 1 is 1.42 bits per heavy atom. The molecule has 0 fully saturated rings. The van der Waals surface area contributed by atoms with Crippen LogP contribution in [0.25, 0.3) is 11.1 Å². The minimum absolute atomic E-state index is 0.00550. The molecule has 0 spiro atoms. The summed E-state index contributed by atoms with van der Waals surface area (Å²) in [6.07, 6.45) is 1.50. The van der Waals surface area contributed by atoms with Crippen LogP contribution in [0.15, 0.2) is 30.5 Å². The van der Waals surface area contributed by atoms with Crippen LogP contribution in [0.4, 0.5) is 5.69 Å². The van der Waals surface area contributed by atoms with E-state index in [1.54, 1.807) is 12.1 Å². The van der Waals surface area contributed by atoms with Crippen molar-refractivity contribution in [2.75, 3.05) is 0 Å². The largest absolute Gasteiger partial charge is 0.270 e. The van der Waals surface area contributed by atoms with Crippen molar-refractivity contribution < 1.29 is 4.92 Å². The fraction of sp³-hybridized carbons (Fsp3) is 0.0769. The van der Waals surface area contributed by atoms with Gasteiger partial charge in [-0.1, -0.05) is 17.7 Å². The van der Waals surface area contributed by atoms with Crippen molar-refractivity contribution in [3.05, 3.63) is 56.9 Å². The Morgan fingerprint density at radius 3 is 2.79 bits per heavy atom. The van der Waals surface area contributed by atoms with Gasteiger partial charge in [0.25, 0.3) is 5.69 Å². The van der Waals surface area contributed by atoms with E-state index < -0.39 is 4.92 Å². The van der Waals surface area contributed by atoms with Gasteiger partial charge in [-0.2, -0.15) is 5.26 Å². The third-order valence-electron chi connectivity index (χ3n) is 2.70. The molecule has 5 nitrogen and oxygen atoms in total. The number of nitrogens with zero attached hydrogens (tertiary/aromatic N) is 3. The van der Waals surface area contributed by atoms with Gasteiger partial charge in [0.05, 0.1) is 10.5 Å². The van der Waals surface area contributed by atoms with Gasteiger partial charge in [0.15, 0.2) is 0 Å². The number of aryl methyl sites for hydroxylation is 1. The summed E-state index contributed by atoms with van der Waals surface area (Å²) in [5.74, 6) is 0. The Morgan fingerprint density at radius 2 is 2.16 bits per heavy atom. The van der Waals surface area contributed by atoms with E-state index in [2.05, 4.69) is 4.98 Å². The fourth-order valence-electron chi connectivity index (χ4n) is 1.71. The highest BCUT2D eigenvalue weighted by Crippen LogP contribution is 2.28. The first-order chi connectivity index (χ1) is 9.02. The van der Waals surface area contributed by atoms with Crippen LogP contribution in [0.3, 0.4) is 0 Å². The third kappa shape index (κ3) is 2.54. The molecule has 1 aromatic carbocycles. The third-order valence-corrected chi connectivity index (χ3v) is 3.00. The Kier molecular flexibility index (Phi) is 3.45. The lowest BCUT2D eigenvalue weighted by Gasteiger charge is -2.06. The molecule has 2 aromatic rings. The van der Waals surface area contributed by atoms with Crippen LogP contribution in [0.5, 0.6) is 0 Å². The van der Waals surface area contributed by atoms with Gasteiger partial charge in [0.2, 0.25) is 0 Å². The van der Waals surface area contributed by atoms with E-state index in [1.165, 1.54) is 18.3 Å². The fourth-order valence-corrected chi connectivity index (χ4v) is 1.85. The van der Waals surface area contributed by atoms with Gasteiger partial charge < -0.3 is 0 Å². The smallest absolute Gasteiger partial charge is 0.258 e. The molecule has 2 rings (SSSR count). The maximum atomic E-state index is 10.8. The molecule has 0 aliphatic carbocycles. The summed E-state index contributed by atoms with van der Waals surface area (Å²) in [4.78, 5) is 14.2. The summed E-state index contributed by atoms with van der Waals surface area (Å²) in [7, 11) is 0. The highest BCUT2D eigenvalue weighted by Gasteiger charge is 2.12. The molecule has 0 saturated heterocycles. The number of hydrogen-bond acceptors (Lipinski definition) is 4. The molecule has 1 aromatic heterocycles. The Bertz CT molecular complexity index is 708. The van der Waals surface area contributed by atoms with Crippen molar-refractivity contribution in [2.24, 2.45) is 0 Å². The zero-order chi connectivity index (χ0) is 14.0. The molecule has 0 amide bonds. The van der Waals surface area contributed by atoms with Crippen molar-refractivity contribution in [2.45, 2.75) is 6.92 Å². The quantitative estimate of drug-likeness (QED) is 0.476. The number of benzene rings is 1. The molecule has 0 bridgehead atoms. The number of nitro benzene ring substituents is 1. The van der Waals surface area contributed by atoms with E-state index in [9.17, 15) is 10.1 Å². The minimum atomic E-state index is -0.461. The van der Waals surface area contributed by atoms with Crippen LogP contribution in [0, 0.1) is 28.4 Å². The van der Waals surface area contributed by atoms with Gasteiger partial charge in [0, 0.05) is 23.9 Å². The first-order valence-electron chi connectivity index (χ1n) is 5.34. The number of halogens is 1. The highest BCUT2D eigenvalue weighted by molar-refractivity contribution is 6.30. The van der Waals surface area contributed by atoms with E-state index >= 15 is 0 Å². The van der Waals surface area contributed by atoms with E-state index in [1.807, 2.05) is 13.0 Å². The lowest BCUT2D eigenvalue weighted by molar-refractivity contribution is -0.384. The summed E-state index contributed by atoms with van der Waals surface area (Å²) in [6, 6.07) is 8.06. The molecule has 0 aliphatic rings. The average molecular weight is 274 g/mol. The summed E-state index contributed by atoms with van der Waals surface area (Å²) in [5.41, 5.74) is 2.38. The molecule has 1 heterocycles. The SMILES string of the molecule is Cc1ccc([N+](=O)[O-])cc1-c1cnc(Cl)c(C#N)c1. The van der Waals surface area contributed by atoms with Gasteiger partial charge in [-0.25, -0.2) is 4.98 Å². The van der Waals surface area contributed by atoms with Crippen LogP contribution in [0.2, 0.25) is 5.15 Å². The maximum Gasteiger partial charge on any atom is 0.270 e. The molecule has 0 N–H and O–H groups in total. The number of rotatable bonds is 2. The van der Waals surface area contributed by atoms with Crippen LogP contribution < -0.4 is 0 Å². The standard InChI is InChI=1S/C13H8ClN3O2/c1-8-2-3-11(17(18)19)5-12(8)10-4-9(6-15)13(14)16-7-10/h2-5,7H,1H3. The van der Waals surface area contributed by atoms with Gasteiger partial charge in [-0.3, -0.25) is 10.1 Å². The number of non-ortho nitro benzene ring substituents is 1. The van der Waals surface area contributed by atoms with Crippen LogP contribution in [0.1, 0.15) is 11.1 Å². The number of nitro groups is 1. The molecule has 0 radical (unpaired) electrons. The van der Waals surface area contributed by atoms with Gasteiger partial charge in [0.1, 0.15) is 11.2 Å². The van der Waals surface area contributed by atoms with Gasteiger partial charge in [-0.15, -0.1) is 0 Å². The normalized spacial score (nSPS) is 9.95. The molecular weight excluding hydrogens is 266 g/mol. The topological polar surface area (TPSA) is 79.8 Å². The summed E-state index contributed by atoms with van der Waals surface area (Å²) < 4.78 is 0. The number of aromatic nitrogens is 1. The molecule has 0 atom stereocenters. The van der Waals surface area contributed by atoms with Gasteiger partial charge >= 0.3 is 0 Å². The van der Waals surface area contributed by atoms with Crippen molar-refractivity contribution >= 4 is 17.3 Å². The van der Waals surface area contributed by atoms with Crippen LogP contribution in [-0.4, -0.2) is 9.91 Å². The van der Waals surface area contributed by atoms with E-state index in [0.717, 1.165) is 5.56 Å². The number of nitriles is 1. The molecular formula is C13H8ClN3O2. The van der Waals surface area contributed by atoms with E-state index in [4.69, 9.17) is 16.9 Å². The summed E-state index contributed by atoms with van der Waals surface area (Å²) in [5, 5.41) is 19.8. The Hall–Kier alpha value is -2.45. The molecule has 0 unspecified atom stereocenters. The second kappa shape index (κ2) is 5.04. The van der Waals surface area contributed by atoms with E-state index in [0.29, 0.717) is 11.1 Å².